The quantitative estimate of drug-likeness (QED) is 0.237. The maximum Gasteiger partial charge on any atom is 1.00 e. The fourth-order valence-corrected chi connectivity index (χ4v) is 1.25. The minimum absolute atomic E-state index is 0. The van der Waals surface area contributed by atoms with Crippen LogP contribution in [0.4, 0.5) is 0 Å². The number of carbonyl (C=O) groups is 5. The summed E-state index contributed by atoms with van der Waals surface area (Å²) in [5.41, 5.74) is 0. The Hall–Kier alpha value is -0.944. The van der Waals surface area contributed by atoms with Crippen LogP contribution in [-0.2, 0) is 28.8 Å². The first-order valence-electron chi connectivity index (χ1n) is 7.04. The Bertz CT molecular complexity index is 430. The van der Waals surface area contributed by atoms with Gasteiger partial charge in [0.15, 0.2) is 0 Å². The molecule has 136 valence electrons. The Morgan fingerprint density at radius 1 is 0.680 bits per heavy atom. The summed E-state index contributed by atoms with van der Waals surface area (Å²) in [7, 11) is 0. The van der Waals surface area contributed by atoms with E-state index in [4.69, 9.17) is 15.3 Å². The summed E-state index contributed by atoms with van der Waals surface area (Å²) < 4.78 is 0. The van der Waals surface area contributed by atoms with Crippen molar-refractivity contribution in [1.82, 2.24) is 0 Å². The van der Waals surface area contributed by atoms with Gasteiger partial charge in [0.1, 0.15) is 11.6 Å². The van der Waals surface area contributed by atoms with Gasteiger partial charge in [-0.2, -0.15) is 0 Å². The van der Waals surface area contributed by atoms with Crippen molar-refractivity contribution in [2.75, 3.05) is 0 Å². The summed E-state index contributed by atoms with van der Waals surface area (Å²) in [6.07, 6.45) is 2.39. The molecule has 3 N–H and O–H groups in total. The van der Waals surface area contributed by atoms with Crippen LogP contribution in [0.15, 0.2) is 0 Å². The number of ketones is 2. The summed E-state index contributed by atoms with van der Waals surface area (Å²) >= 11 is 0. The van der Waals surface area contributed by atoms with Crippen molar-refractivity contribution >= 4 is 35.8 Å². The summed E-state index contributed by atoms with van der Waals surface area (Å²) in [4.78, 5) is 61.4. The van der Waals surface area contributed by atoms with Crippen molar-refractivity contribution < 1.29 is 95.5 Å². The van der Waals surface area contributed by atoms with Crippen LogP contribution in [0.25, 0.3) is 0 Å². The Morgan fingerprint density at radius 3 is 1.28 bits per heavy atom. The Kier molecular flexibility index (Phi) is 22.4. The molecule has 0 aliphatic carbocycles. The van der Waals surface area contributed by atoms with Crippen LogP contribution in [-0.4, -0.2) is 51.1 Å². The molecule has 0 fully saturated rings. The van der Waals surface area contributed by atoms with Gasteiger partial charge in [-0.05, 0) is 0 Å². The molecule has 0 saturated heterocycles. The monoisotopic (exact) mass is 383 g/mol. The van der Waals surface area contributed by atoms with Crippen molar-refractivity contribution in [3.05, 3.63) is 6.42 Å². The van der Waals surface area contributed by atoms with Crippen LogP contribution in [0.2, 0.25) is 0 Å². The molecule has 0 heterocycles. The van der Waals surface area contributed by atoms with Crippen LogP contribution in [0.3, 0.4) is 0 Å². The van der Waals surface area contributed by atoms with Crippen LogP contribution < -0.4 is 51.4 Å². The fraction of sp³-hybridized carbons (Fsp3) is 0.533. The van der Waals surface area contributed by atoms with E-state index in [1.165, 1.54) is 12.7 Å². The number of carbonyl (C=O) groups excluding carboxylic acids is 3. The van der Waals surface area contributed by atoms with Crippen molar-refractivity contribution in [1.29, 1.82) is 0 Å². The molecule has 0 aliphatic heterocycles. The molecule has 10 heteroatoms. The van der Waals surface area contributed by atoms with E-state index < -0.39 is 17.9 Å². The number of Topliss-reactive ketones (excluding diaryl/α,β-unsaturated/α-hetero) is 2. The van der Waals surface area contributed by atoms with Crippen molar-refractivity contribution in [2.24, 2.45) is 0 Å². The van der Waals surface area contributed by atoms with E-state index in [9.17, 15) is 28.8 Å². The zero-order valence-corrected chi connectivity index (χ0v) is 17.1. The molecule has 9 nitrogen and oxygen atoms in total. The first-order chi connectivity index (χ1) is 11.2. The van der Waals surface area contributed by atoms with Gasteiger partial charge < -0.3 is 36.1 Å². The van der Waals surface area contributed by atoms with E-state index in [-0.39, 0.29) is 114 Å². The van der Waals surface area contributed by atoms with Gasteiger partial charge in [-0.1, -0.05) is 0 Å². The van der Waals surface area contributed by atoms with Gasteiger partial charge >= 0.3 is 69.3 Å². The average molecular weight is 383 g/mol. The van der Waals surface area contributed by atoms with Crippen LogP contribution >= 0.6 is 0 Å². The maximum absolute atomic E-state index is 11.1. The summed E-state index contributed by atoms with van der Waals surface area (Å²) in [6, 6.07) is 0. The maximum atomic E-state index is 11.1. The fourth-order valence-electron chi connectivity index (χ4n) is 1.25. The first kappa shape index (κ1) is 28.8. The number of aliphatic carboxylic acids is 3. The minimum atomic E-state index is -1.03. The molecule has 0 amide bonds. The van der Waals surface area contributed by atoms with Gasteiger partial charge in [0.2, 0.25) is 0 Å². The SMILES string of the molecule is O=C(O)CCC(=O)C[CH-]CC(=O)CCC(=O)O.O=[C-]CCC(=O)O.[K+]. The summed E-state index contributed by atoms with van der Waals surface area (Å²) in [5.74, 6) is -3.49. The first-order valence-corrected chi connectivity index (χ1v) is 7.04. The number of hydrogen-bond donors (Lipinski definition) is 3. The van der Waals surface area contributed by atoms with Gasteiger partial charge in [0, 0.05) is 19.3 Å². The summed E-state index contributed by atoms with van der Waals surface area (Å²) in [6.45, 7) is 0. The Balaban J connectivity index is -0.000000513. The number of carboxylic acid groups (broad SMARTS) is 3. The Morgan fingerprint density at radius 2 is 1.04 bits per heavy atom. The van der Waals surface area contributed by atoms with Crippen molar-refractivity contribution in [3.63, 3.8) is 0 Å². The second-order valence-corrected chi connectivity index (χ2v) is 4.60. The van der Waals surface area contributed by atoms with Crippen LogP contribution in [0.5, 0.6) is 0 Å². The third kappa shape index (κ3) is 28.1. The Labute approximate surface area is 187 Å². The molecule has 0 unspecified atom stereocenters. The second-order valence-electron chi connectivity index (χ2n) is 4.60. The van der Waals surface area contributed by atoms with Crippen molar-refractivity contribution in [3.8, 4) is 0 Å². The van der Waals surface area contributed by atoms with Crippen LogP contribution in [0, 0.1) is 6.42 Å². The molecule has 0 saturated carbocycles. The van der Waals surface area contributed by atoms with E-state index >= 15 is 0 Å². The van der Waals surface area contributed by atoms with E-state index in [1.54, 1.807) is 0 Å². The number of carboxylic acids is 3. The zero-order chi connectivity index (χ0) is 19.0. The average Bonchev–Trinajstić information content (AvgIpc) is 2.49. The molecule has 0 bridgehead atoms. The van der Waals surface area contributed by atoms with E-state index in [0.717, 1.165) is 0 Å². The normalized spacial score (nSPS) is 8.96. The molecule has 25 heavy (non-hydrogen) atoms. The molecular formula is C15H20KO9-. The topological polar surface area (TPSA) is 163 Å². The zero-order valence-electron chi connectivity index (χ0n) is 14.0. The van der Waals surface area contributed by atoms with E-state index in [2.05, 4.69) is 0 Å². The van der Waals surface area contributed by atoms with Gasteiger partial charge in [-0.15, -0.1) is 19.3 Å². The third-order valence-electron chi connectivity index (χ3n) is 2.42. The second kappa shape index (κ2) is 19.4. The van der Waals surface area contributed by atoms with Crippen molar-refractivity contribution in [2.45, 2.75) is 51.4 Å². The molecule has 0 aromatic heterocycles. The van der Waals surface area contributed by atoms with Gasteiger partial charge in [-0.3, -0.25) is 20.7 Å². The molecular weight excluding hydrogens is 363 g/mol. The molecule has 0 aliphatic rings. The van der Waals surface area contributed by atoms with E-state index in [0.29, 0.717) is 0 Å². The molecule has 0 rings (SSSR count). The molecule has 0 spiro atoms. The largest absolute Gasteiger partial charge is 1.00 e. The van der Waals surface area contributed by atoms with E-state index in [1.807, 2.05) is 0 Å². The standard InChI is InChI=1S/C11H15O6.C4H5O3.K/c12-8(4-6-10(14)15)2-1-3-9(13)5-7-11(16)17;5-3-1-2-4(6)7;/h1H,2-7H2,(H,14,15)(H,16,17);1-2H2,(H,6,7);/q2*-1;+1. The molecule has 0 aromatic rings. The minimum Gasteiger partial charge on any atom is -0.542 e. The summed E-state index contributed by atoms with van der Waals surface area (Å²) in [5, 5.41) is 24.5. The predicted octanol–water partition coefficient (Wildman–Crippen LogP) is -2.20. The van der Waals surface area contributed by atoms with Crippen LogP contribution in [0.1, 0.15) is 51.4 Å². The van der Waals surface area contributed by atoms with Gasteiger partial charge in [0.05, 0.1) is 12.8 Å². The molecule has 0 aromatic carbocycles. The molecule has 0 radical (unpaired) electrons. The van der Waals surface area contributed by atoms with Gasteiger partial charge in [0.25, 0.3) is 0 Å². The smallest absolute Gasteiger partial charge is 0.542 e. The predicted molar refractivity (Wildman–Crippen MR) is 79.9 cm³/mol. The third-order valence-corrected chi connectivity index (χ3v) is 2.42. The number of hydrogen-bond acceptors (Lipinski definition) is 6. The van der Waals surface area contributed by atoms with Gasteiger partial charge in [-0.25, -0.2) is 0 Å². The number of rotatable bonds is 13. The molecule has 0 atom stereocenters.